The van der Waals surface area contributed by atoms with E-state index in [1.54, 1.807) is 25.7 Å². The lowest BCUT2D eigenvalue weighted by Gasteiger charge is -2.35. The minimum absolute atomic E-state index is 0.275. The highest BCUT2D eigenvalue weighted by atomic mass is 16.6. The summed E-state index contributed by atoms with van der Waals surface area (Å²) in [7, 11) is 0. The van der Waals surface area contributed by atoms with Crippen molar-refractivity contribution in [1.29, 1.82) is 0 Å². The van der Waals surface area contributed by atoms with Gasteiger partial charge in [0.05, 0.1) is 12.6 Å². The van der Waals surface area contributed by atoms with Crippen LogP contribution in [0.15, 0.2) is 0 Å². The summed E-state index contributed by atoms with van der Waals surface area (Å²) in [6.45, 7) is 18.4. The van der Waals surface area contributed by atoms with Gasteiger partial charge in [0.2, 0.25) is 5.91 Å². The predicted molar refractivity (Wildman–Crippen MR) is 112 cm³/mol. The first-order chi connectivity index (χ1) is 13.3. The Morgan fingerprint density at radius 1 is 1.00 bits per heavy atom. The third kappa shape index (κ3) is 5.45. The van der Waals surface area contributed by atoms with E-state index in [2.05, 4.69) is 0 Å². The van der Waals surface area contributed by atoms with E-state index in [-0.39, 0.29) is 11.9 Å². The second kappa shape index (κ2) is 7.70. The molecule has 0 unspecified atom stereocenters. The van der Waals surface area contributed by atoms with E-state index >= 15 is 0 Å². The number of ether oxygens (including phenoxy) is 3. The number of imide groups is 1. The summed E-state index contributed by atoms with van der Waals surface area (Å²) in [5, 5.41) is 0. The van der Waals surface area contributed by atoms with Gasteiger partial charge in [0.25, 0.3) is 0 Å². The standard InChI is InChI=1S/C22H38N2O6/c1-19(2,3)29-17(26)23-15(13-28-22(23,9)10)11-14-12-21(7,8)24(16(14)25)18(27)30-20(4,5)6/h14-15H,11-13H2,1-10H3/t14-,15+/m1/s1. The molecule has 0 aromatic heterocycles. The first kappa shape index (κ1) is 24.4. The molecule has 30 heavy (non-hydrogen) atoms. The molecule has 2 atom stereocenters. The van der Waals surface area contributed by atoms with Gasteiger partial charge in [0, 0.05) is 11.5 Å². The molecule has 0 aliphatic carbocycles. The second-order valence-electron chi connectivity index (χ2n) is 11.4. The molecule has 2 fully saturated rings. The molecule has 2 aliphatic rings. The van der Waals surface area contributed by atoms with Gasteiger partial charge >= 0.3 is 12.2 Å². The van der Waals surface area contributed by atoms with Gasteiger partial charge in [-0.05, 0) is 82.1 Å². The zero-order valence-electron chi connectivity index (χ0n) is 20.1. The number of carbonyl (C=O) groups is 3. The summed E-state index contributed by atoms with van der Waals surface area (Å²) < 4.78 is 16.9. The number of hydrogen-bond acceptors (Lipinski definition) is 6. The van der Waals surface area contributed by atoms with Crippen molar-refractivity contribution in [2.45, 2.75) is 111 Å². The van der Waals surface area contributed by atoms with Gasteiger partial charge in [-0.2, -0.15) is 0 Å². The Morgan fingerprint density at radius 3 is 2.00 bits per heavy atom. The molecule has 2 rings (SSSR count). The third-order valence-corrected chi connectivity index (χ3v) is 5.22. The lowest BCUT2D eigenvalue weighted by atomic mass is 9.91. The SMILES string of the molecule is CC(C)(C)OC(=O)N1C(=O)[C@H](C[C@H]2COC(C)(C)N2C(=O)OC(C)(C)C)CC1(C)C. The lowest BCUT2D eigenvalue weighted by molar-refractivity contribution is -0.133. The van der Waals surface area contributed by atoms with Crippen molar-refractivity contribution in [1.82, 2.24) is 9.80 Å². The molecule has 2 aliphatic heterocycles. The second-order valence-corrected chi connectivity index (χ2v) is 11.4. The van der Waals surface area contributed by atoms with Crippen molar-refractivity contribution in [3.8, 4) is 0 Å². The van der Waals surface area contributed by atoms with Gasteiger partial charge in [-0.3, -0.25) is 9.69 Å². The van der Waals surface area contributed by atoms with E-state index in [4.69, 9.17) is 14.2 Å². The summed E-state index contributed by atoms with van der Waals surface area (Å²) in [6, 6.07) is -0.321. The van der Waals surface area contributed by atoms with Crippen LogP contribution >= 0.6 is 0 Å². The summed E-state index contributed by atoms with van der Waals surface area (Å²) in [4.78, 5) is 41.5. The van der Waals surface area contributed by atoms with Crippen LogP contribution in [0.2, 0.25) is 0 Å². The fraction of sp³-hybridized carbons (Fsp3) is 0.864. The normalized spacial score (nSPS) is 26.1. The quantitative estimate of drug-likeness (QED) is 0.654. The number of hydrogen-bond donors (Lipinski definition) is 0. The van der Waals surface area contributed by atoms with E-state index in [0.29, 0.717) is 19.4 Å². The van der Waals surface area contributed by atoms with Gasteiger partial charge in [0.1, 0.15) is 16.9 Å². The fourth-order valence-electron chi connectivity index (χ4n) is 4.16. The summed E-state index contributed by atoms with van der Waals surface area (Å²) in [5.41, 5.74) is -2.84. The molecule has 0 saturated carbocycles. The highest BCUT2D eigenvalue weighted by molar-refractivity contribution is 5.96. The molecule has 0 aromatic rings. The van der Waals surface area contributed by atoms with Crippen LogP contribution in [0, 0.1) is 5.92 Å². The highest BCUT2D eigenvalue weighted by Gasteiger charge is 2.53. The van der Waals surface area contributed by atoms with Crippen LogP contribution in [0.3, 0.4) is 0 Å². The molecule has 0 aromatic carbocycles. The summed E-state index contributed by atoms with van der Waals surface area (Å²) >= 11 is 0. The average Bonchev–Trinajstić information content (AvgIpc) is 2.88. The zero-order chi connectivity index (χ0) is 23.3. The minimum Gasteiger partial charge on any atom is -0.444 e. The molecule has 3 amide bonds. The van der Waals surface area contributed by atoms with Crippen LogP contribution in [0.1, 0.15) is 82.1 Å². The lowest BCUT2D eigenvalue weighted by Crippen LogP contribution is -2.50. The maximum absolute atomic E-state index is 13.2. The Balaban J connectivity index is 2.19. The smallest absolute Gasteiger partial charge is 0.417 e. The first-order valence-electron chi connectivity index (χ1n) is 10.6. The topological polar surface area (TPSA) is 85.4 Å². The largest absolute Gasteiger partial charge is 0.444 e. The summed E-state index contributed by atoms with van der Waals surface area (Å²) in [5.74, 6) is -0.692. The zero-order valence-corrected chi connectivity index (χ0v) is 20.1. The molecule has 8 nitrogen and oxygen atoms in total. The Labute approximate surface area is 180 Å². The van der Waals surface area contributed by atoms with Crippen molar-refractivity contribution in [3.05, 3.63) is 0 Å². The number of amides is 3. The van der Waals surface area contributed by atoms with E-state index in [1.807, 2.05) is 48.5 Å². The molecule has 0 spiro atoms. The van der Waals surface area contributed by atoms with Crippen molar-refractivity contribution >= 4 is 18.1 Å². The number of carbonyl (C=O) groups excluding carboxylic acids is 3. The Hall–Kier alpha value is -1.83. The van der Waals surface area contributed by atoms with Crippen molar-refractivity contribution in [2.75, 3.05) is 6.61 Å². The molecule has 0 N–H and O–H groups in total. The van der Waals surface area contributed by atoms with Crippen LogP contribution in [-0.2, 0) is 19.0 Å². The van der Waals surface area contributed by atoms with Crippen LogP contribution in [0.4, 0.5) is 9.59 Å². The molecular weight excluding hydrogens is 388 g/mol. The molecule has 0 radical (unpaired) electrons. The molecule has 0 bridgehead atoms. The van der Waals surface area contributed by atoms with Crippen molar-refractivity contribution in [2.24, 2.45) is 5.92 Å². The molecular formula is C22H38N2O6. The van der Waals surface area contributed by atoms with Gasteiger partial charge in [-0.25, -0.2) is 14.5 Å². The Morgan fingerprint density at radius 2 is 1.50 bits per heavy atom. The van der Waals surface area contributed by atoms with Gasteiger partial charge in [-0.15, -0.1) is 0 Å². The predicted octanol–water partition coefficient (Wildman–Crippen LogP) is 4.31. The van der Waals surface area contributed by atoms with E-state index in [9.17, 15) is 14.4 Å². The Bertz CT molecular complexity index is 701. The Kier molecular flexibility index (Phi) is 6.27. The van der Waals surface area contributed by atoms with Crippen molar-refractivity contribution < 1.29 is 28.6 Å². The third-order valence-electron chi connectivity index (χ3n) is 5.22. The molecule has 8 heteroatoms. The van der Waals surface area contributed by atoms with Crippen LogP contribution < -0.4 is 0 Å². The average molecular weight is 427 g/mol. The monoisotopic (exact) mass is 426 g/mol. The van der Waals surface area contributed by atoms with E-state index < -0.39 is 40.6 Å². The molecule has 172 valence electrons. The van der Waals surface area contributed by atoms with E-state index in [1.165, 1.54) is 4.90 Å². The number of rotatable bonds is 2. The number of nitrogens with zero attached hydrogens (tertiary/aromatic N) is 2. The van der Waals surface area contributed by atoms with Gasteiger partial charge < -0.3 is 14.2 Å². The summed E-state index contributed by atoms with van der Waals surface area (Å²) in [6.07, 6.45) is -0.218. The number of likely N-dealkylation sites (tertiary alicyclic amines) is 1. The maximum atomic E-state index is 13.2. The van der Waals surface area contributed by atoms with Crippen LogP contribution in [-0.4, -0.2) is 63.0 Å². The minimum atomic E-state index is -0.838. The maximum Gasteiger partial charge on any atom is 0.417 e. The van der Waals surface area contributed by atoms with E-state index in [0.717, 1.165) is 0 Å². The highest BCUT2D eigenvalue weighted by Crippen LogP contribution is 2.40. The molecule has 2 saturated heterocycles. The fourth-order valence-corrected chi connectivity index (χ4v) is 4.16. The van der Waals surface area contributed by atoms with Gasteiger partial charge in [-0.1, -0.05) is 0 Å². The van der Waals surface area contributed by atoms with Crippen molar-refractivity contribution in [3.63, 3.8) is 0 Å². The van der Waals surface area contributed by atoms with Crippen LogP contribution in [0.25, 0.3) is 0 Å². The van der Waals surface area contributed by atoms with Crippen LogP contribution in [0.5, 0.6) is 0 Å². The van der Waals surface area contributed by atoms with Gasteiger partial charge in [0.15, 0.2) is 0 Å². The first-order valence-corrected chi connectivity index (χ1v) is 10.6. The molecule has 2 heterocycles.